The van der Waals surface area contributed by atoms with Crippen molar-refractivity contribution >= 4 is 11.8 Å². The number of carboxylic acid groups (broad SMARTS) is 1. The predicted octanol–water partition coefficient (Wildman–Crippen LogP) is 2.01. The number of Topliss-reactive ketones (excluding diaryl/α,β-unsaturated/α-hetero) is 1. The van der Waals surface area contributed by atoms with E-state index in [0.717, 1.165) is 19.3 Å². The van der Waals surface area contributed by atoms with Gasteiger partial charge in [-0.05, 0) is 25.0 Å². The van der Waals surface area contributed by atoms with Crippen molar-refractivity contribution in [2.24, 2.45) is 0 Å². The molecule has 0 amide bonds. The van der Waals surface area contributed by atoms with E-state index < -0.39 is 5.97 Å². The fraction of sp³-hybridized carbons (Fsp3) is 0.417. The normalized spacial score (nSPS) is 20.8. The second kappa shape index (κ2) is 4.43. The molecule has 0 spiro atoms. The van der Waals surface area contributed by atoms with Gasteiger partial charge in [0.1, 0.15) is 5.78 Å². The molecule has 0 unspecified atom stereocenters. The Morgan fingerprint density at radius 2 is 2.25 bits per heavy atom. The number of aromatic nitrogens is 1. The van der Waals surface area contributed by atoms with Gasteiger partial charge in [-0.15, -0.1) is 0 Å². The van der Waals surface area contributed by atoms with Crippen molar-refractivity contribution in [1.29, 1.82) is 0 Å². The molecule has 1 saturated carbocycles. The average molecular weight is 219 g/mol. The molecule has 1 aromatic rings. The minimum atomic E-state index is -0.980. The molecule has 4 nitrogen and oxygen atoms in total. The molecule has 2 rings (SSSR count). The summed E-state index contributed by atoms with van der Waals surface area (Å²) < 4.78 is 0. The first-order chi connectivity index (χ1) is 7.68. The van der Waals surface area contributed by atoms with Gasteiger partial charge in [0.15, 0.2) is 0 Å². The average Bonchev–Trinajstić information content (AvgIpc) is 2.30. The lowest BCUT2D eigenvalue weighted by Crippen LogP contribution is -2.18. The van der Waals surface area contributed by atoms with Crippen molar-refractivity contribution in [3.8, 4) is 0 Å². The molecular formula is C12H13NO3. The SMILES string of the molecule is O=C(O)c1ccnc([C@H]2CCCCC2=O)c1. The summed E-state index contributed by atoms with van der Waals surface area (Å²) in [6.45, 7) is 0. The maximum absolute atomic E-state index is 11.7. The fourth-order valence-corrected chi connectivity index (χ4v) is 2.07. The third-order valence-electron chi connectivity index (χ3n) is 2.94. The van der Waals surface area contributed by atoms with Gasteiger partial charge in [-0.25, -0.2) is 4.79 Å². The minimum absolute atomic E-state index is 0.182. The summed E-state index contributed by atoms with van der Waals surface area (Å²) in [7, 11) is 0. The molecule has 1 N–H and O–H groups in total. The monoisotopic (exact) mass is 219 g/mol. The molecule has 1 atom stereocenters. The van der Waals surface area contributed by atoms with Crippen molar-refractivity contribution in [2.75, 3.05) is 0 Å². The molecule has 84 valence electrons. The topological polar surface area (TPSA) is 67.3 Å². The van der Waals surface area contributed by atoms with Crippen LogP contribution in [-0.4, -0.2) is 21.8 Å². The lowest BCUT2D eigenvalue weighted by atomic mass is 9.85. The van der Waals surface area contributed by atoms with Gasteiger partial charge in [-0.1, -0.05) is 6.42 Å². The molecule has 1 fully saturated rings. The highest BCUT2D eigenvalue weighted by Gasteiger charge is 2.25. The third-order valence-corrected chi connectivity index (χ3v) is 2.94. The Kier molecular flexibility index (Phi) is 2.99. The minimum Gasteiger partial charge on any atom is -0.478 e. The van der Waals surface area contributed by atoms with Crippen LogP contribution in [0.5, 0.6) is 0 Å². The highest BCUT2D eigenvalue weighted by Crippen LogP contribution is 2.28. The number of carboxylic acids is 1. The van der Waals surface area contributed by atoms with Crippen LogP contribution in [0.3, 0.4) is 0 Å². The van der Waals surface area contributed by atoms with E-state index in [1.807, 2.05) is 0 Å². The molecule has 0 bridgehead atoms. The second-order valence-electron chi connectivity index (χ2n) is 4.04. The van der Waals surface area contributed by atoms with Crippen LogP contribution in [0.4, 0.5) is 0 Å². The summed E-state index contributed by atoms with van der Waals surface area (Å²) >= 11 is 0. The summed E-state index contributed by atoms with van der Waals surface area (Å²) in [5, 5.41) is 8.86. The lowest BCUT2D eigenvalue weighted by Gasteiger charge is -2.19. The zero-order chi connectivity index (χ0) is 11.5. The Labute approximate surface area is 93.3 Å². The molecular weight excluding hydrogens is 206 g/mol. The first-order valence-corrected chi connectivity index (χ1v) is 5.40. The summed E-state index contributed by atoms with van der Waals surface area (Å²) in [6, 6.07) is 2.95. The second-order valence-corrected chi connectivity index (χ2v) is 4.04. The van der Waals surface area contributed by atoms with Gasteiger partial charge in [-0.3, -0.25) is 9.78 Å². The van der Waals surface area contributed by atoms with Crippen molar-refractivity contribution in [3.63, 3.8) is 0 Å². The van der Waals surface area contributed by atoms with Crippen LogP contribution >= 0.6 is 0 Å². The number of rotatable bonds is 2. The van der Waals surface area contributed by atoms with E-state index in [2.05, 4.69) is 4.98 Å². The van der Waals surface area contributed by atoms with E-state index >= 15 is 0 Å². The third kappa shape index (κ3) is 2.10. The maximum Gasteiger partial charge on any atom is 0.335 e. The number of hydrogen-bond donors (Lipinski definition) is 1. The van der Waals surface area contributed by atoms with Gasteiger partial charge < -0.3 is 5.11 Å². The van der Waals surface area contributed by atoms with Crippen LogP contribution in [0.15, 0.2) is 18.3 Å². The predicted molar refractivity (Wildman–Crippen MR) is 57.4 cm³/mol. The Morgan fingerprint density at radius 1 is 1.44 bits per heavy atom. The van der Waals surface area contributed by atoms with Gasteiger partial charge in [0, 0.05) is 12.6 Å². The van der Waals surface area contributed by atoms with E-state index in [-0.39, 0.29) is 17.3 Å². The molecule has 1 aliphatic rings. The lowest BCUT2D eigenvalue weighted by molar-refractivity contribution is -0.121. The summed E-state index contributed by atoms with van der Waals surface area (Å²) in [6.07, 6.45) is 4.78. The van der Waals surface area contributed by atoms with Gasteiger partial charge in [0.2, 0.25) is 0 Å². The van der Waals surface area contributed by atoms with E-state index in [0.29, 0.717) is 12.1 Å². The zero-order valence-corrected chi connectivity index (χ0v) is 8.85. The standard InChI is InChI=1S/C12H13NO3/c14-11-4-2-1-3-9(11)10-7-8(12(15)16)5-6-13-10/h5-7,9H,1-4H2,(H,15,16)/t9-/m1/s1. The van der Waals surface area contributed by atoms with E-state index in [1.54, 1.807) is 0 Å². The molecule has 1 heterocycles. The Balaban J connectivity index is 2.28. The number of carbonyl (C=O) groups is 2. The Bertz CT molecular complexity index is 428. The largest absolute Gasteiger partial charge is 0.478 e. The zero-order valence-electron chi connectivity index (χ0n) is 8.85. The highest BCUT2D eigenvalue weighted by molar-refractivity contribution is 5.89. The van der Waals surface area contributed by atoms with Crippen LogP contribution in [0, 0.1) is 0 Å². The molecule has 16 heavy (non-hydrogen) atoms. The van der Waals surface area contributed by atoms with Crippen LogP contribution in [0.2, 0.25) is 0 Å². The van der Waals surface area contributed by atoms with Crippen molar-refractivity contribution in [3.05, 3.63) is 29.6 Å². The summed E-state index contributed by atoms with van der Waals surface area (Å²) in [4.78, 5) is 26.6. The van der Waals surface area contributed by atoms with Gasteiger partial charge in [0.25, 0.3) is 0 Å². The van der Waals surface area contributed by atoms with E-state index in [9.17, 15) is 9.59 Å². The van der Waals surface area contributed by atoms with Crippen molar-refractivity contribution in [1.82, 2.24) is 4.98 Å². The molecule has 0 saturated heterocycles. The van der Waals surface area contributed by atoms with Crippen molar-refractivity contribution < 1.29 is 14.7 Å². The van der Waals surface area contributed by atoms with Gasteiger partial charge >= 0.3 is 5.97 Å². The van der Waals surface area contributed by atoms with Crippen LogP contribution in [0.1, 0.15) is 47.7 Å². The number of hydrogen-bond acceptors (Lipinski definition) is 3. The van der Waals surface area contributed by atoms with Crippen LogP contribution in [-0.2, 0) is 4.79 Å². The molecule has 0 aliphatic heterocycles. The smallest absolute Gasteiger partial charge is 0.335 e. The molecule has 1 aromatic heterocycles. The molecule has 0 aromatic carbocycles. The molecule has 1 aliphatic carbocycles. The first-order valence-electron chi connectivity index (χ1n) is 5.40. The summed E-state index contributed by atoms with van der Waals surface area (Å²) in [5.74, 6) is -0.999. The fourth-order valence-electron chi connectivity index (χ4n) is 2.07. The van der Waals surface area contributed by atoms with Gasteiger partial charge in [0.05, 0.1) is 17.2 Å². The number of ketones is 1. The van der Waals surface area contributed by atoms with Crippen LogP contribution < -0.4 is 0 Å². The number of nitrogens with zero attached hydrogens (tertiary/aromatic N) is 1. The number of carbonyl (C=O) groups excluding carboxylic acids is 1. The van der Waals surface area contributed by atoms with Crippen molar-refractivity contribution in [2.45, 2.75) is 31.6 Å². The van der Waals surface area contributed by atoms with Crippen LogP contribution in [0.25, 0.3) is 0 Å². The highest BCUT2D eigenvalue weighted by atomic mass is 16.4. The quantitative estimate of drug-likeness (QED) is 0.826. The number of pyridine rings is 1. The molecule has 4 heteroatoms. The number of aromatic carboxylic acids is 1. The Hall–Kier alpha value is -1.71. The molecule has 0 radical (unpaired) electrons. The van der Waals surface area contributed by atoms with E-state index in [1.165, 1.54) is 18.3 Å². The van der Waals surface area contributed by atoms with Gasteiger partial charge in [-0.2, -0.15) is 0 Å². The maximum atomic E-state index is 11.7. The summed E-state index contributed by atoms with van der Waals surface area (Å²) in [5.41, 5.74) is 0.799. The van der Waals surface area contributed by atoms with E-state index in [4.69, 9.17) is 5.11 Å². The first kappa shape index (κ1) is 10.8. The Morgan fingerprint density at radius 3 is 2.94 bits per heavy atom.